The van der Waals surface area contributed by atoms with Crippen molar-refractivity contribution in [3.8, 4) is 0 Å². The number of unbranched alkanes of at least 4 members (excludes halogenated alkanes) is 1. The molecule has 33 valence electrons. The van der Waals surface area contributed by atoms with Crippen LogP contribution in [0.2, 0.25) is 0 Å². The van der Waals surface area contributed by atoms with Crippen molar-refractivity contribution in [1.29, 1.82) is 0 Å². The summed E-state index contributed by atoms with van der Waals surface area (Å²) in [5, 5.41) is 1.16. The number of alkyl halides is 1. The molecule has 0 aliphatic carbocycles. The molecule has 0 spiro atoms. The molecule has 0 atom stereocenters. The van der Waals surface area contributed by atoms with Crippen molar-refractivity contribution in [3.05, 3.63) is 0 Å². The summed E-state index contributed by atoms with van der Waals surface area (Å²) in [6.07, 6.45) is 2.60. The maximum atomic E-state index is 3.31. The molecule has 0 saturated heterocycles. The Bertz CT molecular complexity index is 15.0. The van der Waals surface area contributed by atoms with Crippen molar-refractivity contribution in [2.24, 2.45) is 0 Å². The number of hydrogen-bond acceptors (Lipinski definition) is 0. The second-order valence-electron chi connectivity index (χ2n) is 1.04. The van der Waals surface area contributed by atoms with Gasteiger partial charge in [-0.1, -0.05) is 29.3 Å². The van der Waals surface area contributed by atoms with Crippen molar-refractivity contribution in [3.63, 3.8) is 0 Å². The first-order valence-electron chi connectivity index (χ1n) is 1.97. The molecular weight excluding hydrogens is 151 g/mol. The van der Waals surface area contributed by atoms with Gasteiger partial charge in [-0.2, -0.15) is 0 Å². The van der Waals surface area contributed by atoms with Gasteiger partial charge in [-0.15, -0.1) is 0 Å². The standard InChI is InChI=1S/C4H9Br.Na/c1-2-3-4-5;/h2-4H2,1H3;. The van der Waals surface area contributed by atoms with E-state index >= 15 is 0 Å². The van der Waals surface area contributed by atoms with Crippen LogP contribution in [0.1, 0.15) is 19.8 Å². The molecule has 0 aliphatic rings. The monoisotopic (exact) mass is 159 g/mol. The van der Waals surface area contributed by atoms with Crippen LogP contribution in [-0.2, 0) is 0 Å². The third-order valence-corrected chi connectivity index (χ3v) is 1.05. The van der Waals surface area contributed by atoms with E-state index in [1.54, 1.807) is 0 Å². The topological polar surface area (TPSA) is 0 Å². The van der Waals surface area contributed by atoms with Gasteiger partial charge in [0.2, 0.25) is 0 Å². The zero-order chi connectivity index (χ0) is 4.12. The number of hydrogen-bond donors (Lipinski definition) is 0. The van der Waals surface area contributed by atoms with E-state index in [0.29, 0.717) is 0 Å². The predicted molar refractivity (Wildman–Crippen MR) is 34.5 cm³/mol. The molecule has 0 N–H and O–H groups in total. The molecule has 0 saturated carbocycles. The van der Waals surface area contributed by atoms with E-state index in [4.69, 9.17) is 0 Å². The first kappa shape index (κ1) is 10.5. The van der Waals surface area contributed by atoms with E-state index in [-0.39, 0.29) is 29.6 Å². The zero-order valence-electron chi connectivity index (χ0n) is 4.50. The van der Waals surface area contributed by atoms with Crippen LogP contribution < -0.4 is 0 Å². The SMILES string of the molecule is CCCCBr.[Na]. The van der Waals surface area contributed by atoms with Crippen molar-refractivity contribution >= 4 is 45.5 Å². The van der Waals surface area contributed by atoms with Gasteiger partial charge in [0.15, 0.2) is 0 Å². The van der Waals surface area contributed by atoms with E-state index in [1.165, 1.54) is 12.8 Å². The van der Waals surface area contributed by atoms with Crippen LogP contribution in [0, 0.1) is 0 Å². The molecule has 0 aromatic heterocycles. The Morgan fingerprint density at radius 2 is 2.00 bits per heavy atom. The van der Waals surface area contributed by atoms with E-state index in [0.717, 1.165) is 5.33 Å². The van der Waals surface area contributed by atoms with Crippen molar-refractivity contribution in [1.82, 2.24) is 0 Å². The quantitative estimate of drug-likeness (QED) is 0.426. The van der Waals surface area contributed by atoms with Gasteiger partial charge in [-0.05, 0) is 6.42 Å². The van der Waals surface area contributed by atoms with E-state index < -0.39 is 0 Å². The Morgan fingerprint density at radius 1 is 1.50 bits per heavy atom. The molecule has 0 aromatic carbocycles. The van der Waals surface area contributed by atoms with Gasteiger partial charge in [-0.25, -0.2) is 0 Å². The Labute approximate surface area is 70.1 Å². The molecule has 0 rings (SSSR count). The molecule has 0 bridgehead atoms. The fourth-order valence-electron chi connectivity index (χ4n) is 0.134. The summed E-state index contributed by atoms with van der Waals surface area (Å²) >= 11 is 3.31. The third-order valence-electron chi connectivity index (χ3n) is 0.487. The maximum Gasteiger partial charge on any atom is 0.00312 e. The average Bonchev–Trinajstić information content (AvgIpc) is 1.41. The van der Waals surface area contributed by atoms with E-state index in [2.05, 4.69) is 22.9 Å². The second kappa shape index (κ2) is 9.70. The van der Waals surface area contributed by atoms with Crippen LogP contribution in [0.25, 0.3) is 0 Å². The molecule has 6 heavy (non-hydrogen) atoms. The smallest absolute Gasteiger partial charge is 0.00312 e. The number of halogens is 1. The Balaban J connectivity index is 0. The summed E-state index contributed by atoms with van der Waals surface area (Å²) in [5.74, 6) is 0. The summed E-state index contributed by atoms with van der Waals surface area (Å²) in [6, 6.07) is 0. The first-order chi connectivity index (χ1) is 2.41. The minimum Gasteiger partial charge on any atom is -0.0928 e. The van der Waals surface area contributed by atoms with Crippen molar-refractivity contribution in [2.45, 2.75) is 19.8 Å². The number of rotatable bonds is 2. The Hall–Kier alpha value is 1.48. The fourth-order valence-corrected chi connectivity index (χ4v) is 0.694. The molecule has 0 nitrogen and oxygen atoms in total. The Morgan fingerprint density at radius 3 is 2.00 bits per heavy atom. The van der Waals surface area contributed by atoms with Crippen LogP contribution in [-0.4, -0.2) is 34.9 Å². The summed E-state index contributed by atoms with van der Waals surface area (Å²) in [5.41, 5.74) is 0. The minimum absolute atomic E-state index is 0. The van der Waals surface area contributed by atoms with Gasteiger partial charge in [0.25, 0.3) is 0 Å². The normalized spacial score (nSPS) is 7.00. The fraction of sp³-hybridized carbons (Fsp3) is 1.00. The van der Waals surface area contributed by atoms with Gasteiger partial charge in [0.1, 0.15) is 0 Å². The summed E-state index contributed by atoms with van der Waals surface area (Å²) in [6.45, 7) is 2.18. The summed E-state index contributed by atoms with van der Waals surface area (Å²) in [7, 11) is 0. The second-order valence-corrected chi connectivity index (χ2v) is 1.84. The zero-order valence-corrected chi connectivity index (χ0v) is 8.09. The van der Waals surface area contributed by atoms with Gasteiger partial charge in [-0.3, -0.25) is 0 Å². The molecule has 0 fully saturated rings. The summed E-state index contributed by atoms with van der Waals surface area (Å²) in [4.78, 5) is 0. The van der Waals surface area contributed by atoms with Crippen LogP contribution in [0.3, 0.4) is 0 Å². The first-order valence-corrected chi connectivity index (χ1v) is 3.10. The van der Waals surface area contributed by atoms with Crippen LogP contribution in [0.5, 0.6) is 0 Å². The van der Waals surface area contributed by atoms with Gasteiger partial charge in [0.05, 0.1) is 0 Å². The van der Waals surface area contributed by atoms with Gasteiger partial charge < -0.3 is 0 Å². The van der Waals surface area contributed by atoms with Crippen LogP contribution in [0.4, 0.5) is 0 Å². The van der Waals surface area contributed by atoms with Gasteiger partial charge in [0, 0.05) is 34.9 Å². The van der Waals surface area contributed by atoms with Gasteiger partial charge >= 0.3 is 0 Å². The molecule has 0 aromatic rings. The largest absolute Gasteiger partial charge is 0.0928 e. The molecule has 0 unspecified atom stereocenters. The van der Waals surface area contributed by atoms with E-state index in [1.807, 2.05) is 0 Å². The molecule has 0 heterocycles. The summed E-state index contributed by atoms with van der Waals surface area (Å²) < 4.78 is 0. The molecule has 2 heteroatoms. The van der Waals surface area contributed by atoms with Crippen LogP contribution in [0.15, 0.2) is 0 Å². The molecule has 0 amide bonds. The van der Waals surface area contributed by atoms with Crippen molar-refractivity contribution < 1.29 is 0 Å². The predicted octanol–water partition coefficient (Wildman–Crippen LogP) is 1.80. The maximum absolute atomic E-state index is 3.31. The molecule has 0 aliphatic heterocycles. The molecular formula is C4H9BrNa. The molecule has 1 radical (unpaired) electrons. The average molecular weight is 160 g/mol. The van der Waals surface area contributed by atoms with Crippen LogP contribution >= 0.6 is 15.9 Å². The third kappa shape index (κ3) is 9.08. The Kier molecular flexibility index (Phi) is 16.9. The van der Waals surface area contributed by atoms with E-state index in [9.17, 15) is 0 Å². The van der Waals surface area contributed by atoms with Crippen molar-refractivity contribution in [2.75, 3.05) is 5.33 Å². The minimum atomic E-state index is 0.